The summed E-state index contributed by atoms with van der Waals surface area (Å²) in [6, 6.07) is 13.4. The fraction of sp³-hybridized carbons (Fsp3) is 0.222. The maximum Gasteiger partial charge on any atom is 0.317 e. The predicted octanol–water partition coefficient (Wildman–Crippen LogP) is 3.22. The van der Waals surface area contributed by atoms with Gasteiger partial charge in [0.1, 0.15) is 6.04 Å². The third-order valence-corrected chi connectivity index (χ3v) is 4.73. The van der Waals surface area contributed by atoms with Gasteiger partial charge in [0.25, 0.3) is 0 Å². The number of rotatable bonds is 4. The highest BCUT2D eigenvalue weighted by atomic mass is 35.5. The lowest BCUT2D eigenvalue weighted by Gasteiger charge is -2.24. The lowest BCUT2D eigenvalue weighted by atomic mass is 9.98. The van der Waals surface area contributed by atoms with Crippen LogP contribution >= 0.6 is 23.2 Å². The van der Waals surface area contributed by atoms with Crippen LogP contribution in [0.1, 0.15) is 17.2 Å². The first-order valence-electron chi connectivity index (χ1n) is 7.77. The summed E-state index contributed by atoms with van der Waals surface area (Å²) in [5.41, 5.74) is 1.78. The van der Waals surface area contributed by atoms with Crippen LogP contribution in [0.3, 0.4) is 0 Å². The van der Waals surface area contributed by atoms with E-state index in [1.54, 1.807) is 31.3 Å². The van der Waals surface area contributed by atoms with Gasteiger partial charge in [-0.25, -0.2) is 4.79 Å². The molecule has 0 aliphatic carbocycles. The van der Waals surface area contributed by atoms with Gasteiger partial charge >= 0.3 is 6.03 Å². The normalized spacial score (nSPS) is 16.9. The number of hydrogen-bond donors (Lipinski definition) is 2. The van der Waals surface area contributed by atoms with Gasteiger partial charge in [-0.1, -0.05) is 47.5 Å². The van der Waals surface area contributed by atoms with Gasteiger partial charge in [0.15, 0.2) is 0 Å². The minimum absolute atomic E-state index is 0.226. The topological polar surface area (TPSA) is 61.4 Å². The molecule has 1 heterocycles. The first kappa shape index (κ1) is 17.6. The van der Waals surface area contributed by atoms with E-state index in [-0.39, 0.29) is 24.5 Å². The molecule has 1 aliphatic rings. The first-order valence-corrected chi connectivity index (χ1v) is 8.53. The molecular weight excluding hydrogens is 361 g/mol. The average Bonchev–Trinajstić information content (AvgIpc) is 2.94. The molecule has 2 aromatic carbocycles. The van der Waals surface area contributed by atoms with Crippen LogP contribution in [0.2, 0.25) is 10.0 Å². The Morgan fingerprint density at radius 1 is 1.08 bits per heavy atom. The highest BCUT2D eigenvalue weighted by Gasteiger charge is 2.34. The van der Waals surface area contributed by atoms with Gasteiger partial charge in [-0.2, -0.15) is 0 Å². The van der Waals surface area contributed by atoms with E-state index in [9.17, 15) is 9.59 Å². The van der Waals surface area contributed by atoms with Crippen molar-refractivity contribution >= 4 is 35.1 Å². The van der Waals surface area contributed by atoms with Crippen LogP contribution in [-0.2, 0) is 4.79 Å². The van der Waals surface area contributed by atoms with Crippen molar-refractivity contribution in [3.8, 4) is 0 Å². The molecule has 2 aromatic rings. The van der Waals surface area contributed by atoms with Crippen LogP contribution in [0.5, 0.6) is 0 Å². The lowest BCUT2D eigenvalue weighted by molar-refractivity contribution is -0.124. The van der Waals surface area contributed by atoms with Crippen molar-refractivity contribution in [1.29, 1.82) is 0 Å². The molecule has 0 unspecified atom stereocenters. The average molecular weight is 378 g/mol. The summed E-state index contributed by atoms with van der Waals surface area (Å²) in [5, 5.41) is 6.92. The van der Waals surface area contributed by atoms with Gasteiger partial charge in [0.2, 0.25) is 5.91 Å². The molecule has 0 bridgehead atoms. The summed E-state index contributed by atoms with van der Waals surface area (Å²) in [4.78, 5) is 25.7. The number of hydrogen-bond acceptors (Lipinski definition) is 2. The number of carbonyl (C=O) groups excluding carboxylic acids is 2. The molecule has 5 nitrogen and oxygen atoms in total. The minimum atomic E-state index is -0.547. The molecule has 3 amide bonds. The van der Waals surface area contributed by atoms with Crippen LogP contribution in [0.25, 0.3) is 0 Å². The van der Waals surface area contributed by atoms with Crippen molar-refractivity contribution in [2.24, 2.45) is 0 Å². The van der Waals surface area contributed by atoms with E-state index in [1.807, 2.05) is 24.3 Å². The molecule has 25 heavy (non-hydrogen) atoms. The van der Waals surface area contributed by atoms with Crippen molar-refractivity contribution in [3.05, 3.63) is 69.7 Å². The summed E-state index contributed by atoms with van der Waals surface area (Å²) in [6.07, 6.45) is 0. The van der Waals surface area contributed by atoms with E-state index in [1.165, 1.54) is 4.90 Å². The molecule has 1 fully saturated rings. The summed E-state index contributed by atoms with van der Waals surface area (Å²) < 4.78 is 0. The van der Waals surface area contributed by atoms with Crippen molar-refractivity contribution < 1.29 is 9.59 Å². The molecule has 7 heteroatoms. The molecule has 0 radical (unpaired) electrons. The minimum Gasteiger partial charge on any atom is -0.343 e. The number of urea groups is 1. The van der Waals surface area contributed by atoms with Gasteiger partial charge < -0.3 is 15.5 Å². The Bertz CT molecular complexity index is 732. The van der Waals surface area contributed by atoms with E-state index in [0.29, 0.717) is 10.0 Å². The van der Waals surface area contributed by atoms with Gasteiger partial charge in [0, 0.05) is 23.6 Å². The number of likely N-dealkylation sites (N-methyl/N-ethyl adjacent to an activating group) is 1. The Morgan fingerprint density at radius 2 is 1.56 bits per heavy atom. The van der Waals surface area contributed by atoms with Crippen molar-refractivity contribution in [2.45, 2.75) is 12.1 Å². The molecule has 3 rings (SSSR count). The smallest absolute Gasteiger partial charge is 0.317 e. The van der Waals surface area contributed by atoms with E-state index in [0.717, 1.165) is 11.1 Å². The zero-order valence-electron chi connectivity index (χ0n) is 13.5. The van der Waals surface area contributed by atoms with Crippen LogP contribution in [-0.4, -0.2) is 36.5 Å². The zero-order valence-corrected chi connectivity index (χ0v) is 15.0. The Balaban J connectivity index is 1.88. The summed E-state index contributed by atoms with van der Waals surface area (Å²) in [6.45, 7) is 0.287. The van der Waals surface area contributed by atoms with E-state index >= 15 is 0 Å². The van der Waals surface area contributed by atoms with Crippen molar-refractivity contribution in [3.63, 3.8) is 0 Å². The third-order valence-electron chi connectivity index (χ3n) is 4.23. The standard InChI is InChI=1S/C18H17Cl2N3O2/c1-23-15(10-21-18(23)25)17(24)22-16(11-2-6-13(19)7-3-11)12-4-8-14(20)9-5-12/h2-9,15-16H,10H2,1H3,(H,21,25)(H,22,24)/t15-/m0/s1. The molecule has 0 saturated carbocycles. The molecule has 1 atom stereocenters. The van der Waals surface area contributed by atoms with Crippen molar-refractivity contribution in [2.75, 3.05) is 13.6 Å². The van der Waals surface area contributed by atoms with Gasteiger partial charge in [-0.05, 0) is 35.4 Å². The third kappa shape index (κ3) is 3.89. The summed E-state index contributed by atoms with van der Waals surface area (Å²) in [7, 11) is 1.60. The Hall–Kier alpha value is -2.24. The molecule has 1 aliphatic heterocycles. The molecule has 2 N–H and O–H groups in total. The number of amides is 3. The summed E-state index contributed by atoms with van der Waals surface area (Å²) >= 11 is 11.9. The number of benzene rings is 2. The Morgan fingerprint density at radius 3 is 1.96 bits per heavy atom. The fourth-order valence-electron chi connectivity index (χ4n) is 2.76. The maximum atomic E-state index is 12.7. The van der Waals surface area contributed by atoms with E-state index in [4.69, 9.17) is 23.2 Å². The fourth-order valence-corrected chi connectivity index (χ4v) is 3.02. The SMILES string of the molecule is CN1C(=O)NC[C@H]1C(=O)NC(c1ccc(Cl)cc1)c1ccc(Cl)cc1. The van der Waals surface area contributed by atoms with Crippen LogP contribution in [0.15, 0.2) is 48.5 Å². The number of nitrogens with zero attached hydrogens (tertiary/aromatic N) is 1. The second kappa shape index (κ2) is 7.33. The quantitative estimate of drug-likeness (QED) is 0.858. The second-order valence-corrected chi connectivity index (χ2v) is 6.73. The van der Waals surface area contributed by atoms with Gasteiger partial charge in [0.05, 0.1) is 6.04 Å². The maximum absolute atomic E-state index is 12.7. The molecular formula is C18H17Cl2N3O2. The zero-order chi connectivity index (χ0) is 18.0. The number of halogens is 2. The number of carbonyl (C=O) groups is 2. The predicted molar refractivity (Wildman–Crippen MR) is 97.8 cm³/mol. The molecule has 0 aromatic heterocycles. The van der Waals surface area contributed by atoms with Gasteiger partial charge in [-0.15, -0.1) is 0 Å². The van der Waals surface area contributed by atoms with E-state index < -0.39 is 6.04 Å². The first-order chi connectivity index (χ1) is 12.0. The van der Waals surface area contributed by atoms with Crippen LogP contribution in [0, 0.1) is 0 Å². The Kier molecular flexibility index (Phi) is 5.16. The summed E-state index contributed by atoms with van der Waals surface area (Å²) in [5.74, 6) is -0.226. The largest absolute Gasteiger partial charge is 0.343 e. The highest BCUT2D eigenvalue weighted by Crippen LogP contribution is 2.25. The second-order valence-electron chi connectivity index (χ2n) is 5.86. The molecule has 0 spiro atoms. The lowest BCUT2D eigenvalue weighted by Crippen LogP contribution is -2.45. The van der Waals surface area contributed by atoms with Gasteiger partial charge in [-0.3, -0.25) is 4.79 Å². The van der Waals surface area contributed by atoms with Crippen LogP contribution in [0.4, 0.5) is 4.79 Å². The molecule has 130 valence electrons. The number of nitrogens with one attached hydrogen (secondary N) is 2. The monoisotopic (exact) mass is 377 g/mol. The molecule has 1 saturated heterocycles. The van der Waals surface area contributed by atoms with E-state index in [2.05, 4.69) is 10.6 Å². The Labute approximate surface area is 155 Å². The van der Waals surface area contributed by atoms with Crippen LogP contribution < -0.4 is 10.6 Å². The van der Waals surface area contributed by atoms with Crippen molar-refractivity contribution in [1.82, 2.24) is 15.5 Å². The highest BCUT2D eigenvalue weighted by molar-refractivity contribution is 6.30.